The van der Waals surface area contributed by atoms with E-state index in [9.17, 15) is 0 Å². The van der Waals surface area contributed by atoms with Gasteiger partial charge in [0.25, 0.3) is 0 Å². The summed E-state index contributed by atoms with van der Waals surface area (Å²) in [5.41, 5.74) is -0.118. The lowest BCUT2D eigenvalue weighted by molar-refractivity contribution is -0.0471. The van der Waals surface area contributed by atoms with E-state index in [4.69, 9.17) is 9.47 Å². The molecule has 2 saturated heterocycles. The predicted octanol–water partition coefficient (Wildman–Crippen LogP) is 0.889. The van der Waals surface area contributed by atoms with E-state index in [0.29, 0.717) is 12.5 Å². The Morgan fingerprint density at radius 2 is 2.47 bits per heavy atom. The standard InChI is InChI=1S/C14H21N3O2/c1-2-4-16-13(3-1)17-8-12-7-14(19-9-12)10-15-5-6-18-11-14/h1-4,12,15H,5-11H2,(H,16,17)/t12-,14+/m0/s1. The van der Waals surface area contributed by atoms with Crippen LogP contribution in [-0.2, 0) is 9.47 Å². The molecule has 0 aliphatic carbocycles. The molecule has 2 atom stereocenters. The van der Waals surface area contributed by atoms with Gasteiger partial charge in [0.2, 0.25) is 0 Å². The Kier molecular flexibility index (Phi) is 3.96. The van der Waals surface area contributed by atoms with Gasteiger partial charge in [-0.25, -0.2) is 4.98 Å². The fraction of sp³-hybridized carbons (Fsp3) is 0.643. The smallest absolute Gasteiger partial charge is 0.125 e. The van der Waals surface area contributed by atoms with Gasteiger partial charge in [-0.3, -0.25) is 0 Å². The van der Waals surface area contributed by atoms with Crippen LogP contribution in [0.1, 0.15) is 6.42 Å². The van der Waals surface area contributed by atoms with Gasteiger partial charge in [-0.2, -0.15) is 0 Å². The van der Waals surface area contributed by atoms with Gasteiger partial charge >= 0.3 is 0 Å². The molecule has 5 heteroatoms. The highest BCUT2D eigenvalue weighted by molar-refractivity contribution is 5.33. The van der Waals surface area contributed by atoms with Crippen LogP contribution in [0.5, 0.6) is 0 Å². The number of anilines is 1. The molecule has 3 heterocycles. The first-order chi connectivity index (χ1) is 9.36. The second-order valence-electron chi connectivity index (χ2n) is 5.39. The van der Waals surface area contributed by atoms with E-state index in [2.05, 4.69) is 15.6 Å². The van der Waals surface area contributed by atoms with Crippen molar-refractivity contribution < 1.29 is 9.47 Å². The van der Waals surface area contributed by atoms with Crippen LogP contribution in [0.25, 0.3) is 0 Å². The van der Waals surface area contributed by atoms with Crippen LogP contribution in [0, 0.1) is 5.92 Å². The Balaban J connectivity index is 1.51. The second kappa shape index (κ2) is 5.86. The Morgan fingerprint density at radius 1 is 1.47 bits per heavy atom. The summed E-state index contributed by atoms with van der Waals surface area (Å²) in [5, 5.41) is 6.76. The van der Waals surface area contributed by atoms with Gasteiger partial charge in [0.05, 0.1) is 19.8 Å². The predicted molar refractivity (Wildman–Crippen MR) is 73.2 cm³/mol. The van der Waals surface area contributed by atoms with Gasteiger partial charge in [-0.15, -0.1) is 0 Å². The maximum absolute atomic E-state index is 6.01. The van der Waals surface area contributed by atoms with Crippen LogP contribution in [0.4, 0.5) is 5.82 Å². The number of pyridine rings is 1. The third kappa shape index (κ3) is 3.23. The van der Waals surface area contributed by atoms with Gasteiger partial charge in [0, 0.05) is 31.7 Å². The van der Waals surface area contributed by atoms with Crippen molar-refractivity contribution in [3.05, 3.63) is 24.4 Å². The molecule has 0 radical (unpaired) electrons. The zero-order valence-electron chi connectivity index (χ0n) is 11.1. The fourth-order valence-corrected chi connectivity index (χ4v) is 2.78. The molecule has 0 aromatic carbocycles. The molecule has 5 nitrogen and oxygen atoms in total. The van der Waals surface area contributed by atoms with E-state index in [1.807, 2.05) is 18.2 Å². The van der Waals surface area contributed by atoms with Crippen LogP contribution in [0.2, 0.25) is 0 Å². The maximum Gasteiger partial charge on any atom is 0.125 e. The monoisotopic (exact) mass is 263 g/mol. The number of hydrogen-bond donors (Lipinski definition) is 2. The molecule has 2 fully saturated rings. The van der Waals surface area contributed by atoms with Gasteiger partial charge in [-0.1, -0.05) is 6.07 Å². The van der Waals surface area contributed by atoms with Gasteiger partial charge in [-0.05, 0) is 18.6 Å². The summed E-state index contributed by atoms with van der Waals surface area (Å²) in [5.74, 6) is 1.45. The molecule has 1 aromatic heterocycles. The number of aromatic nitrogens is 1. The Bertz CT molecular complexity index is 391. The summed E-state index contributed by atoms with van der Waals surface area (Å²) < 4.78 is 11.6. The summed E-state index contributed by atoms with van der Waals surface area (Å²) in [7, 11) is 0. The fourth-order valence-electron chi connectivity index (χ4n) is 2.78. The molecule has 1 aromatic rings. The van der Waals surface area contributed by atoms with Crippen molar-refractivity contribution >= 4 is 5.82 Å². The molecule has 2 aliphatic heterocycles. The van der Waals surface area contributed by atoms with Crippen molar-refractivity contribution in [1.29, 1.82) is 0 Å². The first-order valence-corrected chi connectivity index (χ1v) is 6.94. The number of nitrogens with zero attached hydrogens (tertiary/aromatic N) is 1. The summed E-state index contributed by atoms with van der Waals surface area (Å²) >= 11 is 0. The van der Waals surface area contributed by atoms with Gasteiger partial charge in [0.1, 0.15) is 11.4 Å². The number of hydrogen-bond acceptors (Lipinski definition) is 5. The second-order valence-corrected chi connectivity index (χ2v) is 5.39. The van der Waals surface area contributed by atoms with Crippen LogP contribution in [0.15, 0.2) is 24.4 Å². The minimum atomic E-state index is -0.118. The van der Waals surface area contributed by atoms with Gasteiger partial charge < -0.3 is 20.1 Å². The lowest BCUT2D eigenvalue weighted by atomic mass is 9.94. The molecule has 0 bridgehead atoms. The van der Waals surface area contributed by atoms with E-state index in [0.717, 1.165) is 45.1 Å². The molecule has 104 valence electrons. The molecular formula is C14H21N3O2. The van der Waals surface area contributed by atoms with Crippen molar-refractivity contribution in [1.82, 2.24) is 10.3 Å². The SMILES string of the molecule is c1ccc(NC[C@H]2CO[C@@]3(CNCCOC3)C2)nc1. The Morgan fingerprint density at radius 3 is 3.37 bits per heavy atom. The van der Waals surface area contributed by atoms with Crippen molar-refractivity contribution in [2.75, 3.05) is 44.8 Å². The lowest BCUT2D eigenvalue weighted by Crippen LogP contribution is -2.42. The molecule has 0 unspecified atom stereocenters. The lowest BCUT2D eigenvalue weighted by Gasteiger charge is -2.25. The average molecular weight is 263 g/mol. The minimum Gasteiger partial charge on any atom is -0.377 e. The number of rotatable bonds is 3. The topological polar surface area (TPSA) is 55.4 Å². The highest BCUT2D eigenvalue weighted by Crippen LogP contribution is 2.31. The number of ether oxygens (including phenoxy) is 2. The third-order valence-electron chi connectivity index (χ3n) is 3.76. The van der Waals surface area contributed by atoms with Crippen molar-refractivity contribution in [2.24, 2.45) is 5.92 Å². The van der Waals surface area contributed by atoms with Crippen LogP contribution < -0.4 is 10.6 Å². The first kappa shape index (κ1) is 12.8. The molecule has 1 spiro atoms. The minimum absolute atomic E-state index is 0.118. The van der Waals surface area contributed by atoms with Crippen molar-refractivity contribution in [3.8, 4) is 0 Å². The summed E-state index contributed by atoms with van der Waals surface area (Å²) in [6, 6.07) is 5.90. The third-order valence-corrected chi connectivity index (χ3v) is 3.76. The van der Waals surface area contributed by atoms with E-state index < -0.39 is 0 Å². The van der Waals surface area contributed by atoms with E-state index >= 15 is 0 Å². The molecule has 3 rings (SSSR count). The average Bonchev–Trinajstić information content (AvgIpc) is 2.70. The summed E-state index contributed by atoms with van der Waals surface area (Å²) in [6.07, 6.45) is 2.85. The summed E-state index contributed by atoms with van der Waals surface area (Å²) in [6.45, 7) is 5.00. The van der Waals surface area contributed by atoms with E-state index in [-0.39, 0.29) is 5.60 Å². The van der Waals surface area contributed by atoms with Crippen molar-refractivity contribution in [2.45, 2.75) is 12.0 Å². The Labute approximate surface area is 113 Å². The van der Waals surface area contributed by atoms with Crippen molar-refractivity contribution in [3.63, 3.8) is 0 Å². The van der Waals surface area contributed by atoms with Crippen LogP contribution in [0.3, 0.4) is 0 Å². The molecule has 2 aliphatic rings. The molecular weight excluding hydrogens is 242 g/mol. The van der Waals surface area contributed by atoms with Crippen LogP contribution in [-0.4, -0.2) is 50.0 Å². The number of nitrogens with one attached hydrogen (secondary N) is 2. The molecule has 19 heavy (non-hydrogen) atoms. The largest absolute Gasteiger partial charge is 0.377 e. The van der Waals surface area contributed by atoms with Gasteiger partial charge in [0.15, 0.2) is 0 Å². The highest BCUT2D eigenvalue weighted by atomic mass is 16.5. The van der Waals surface area contributed by atoms with Crippen LogP contribution >= 0.6 is 0 Å². The summed E-state index contributed by atoms with van der Waals surface area (Å²) in [4.78, 5) is 4.27. The first-order valence-electron chi connectivity index (χ1n) is 6.94. The Hall–Kier alpha value is -1.17. The zero-order valence-corrected chi connectivity index (χ0v) is 11.1. The maximum atomic E-state index is 6.01. The zero-order chi connectivity index (χ0) is 13.0. The molecule has 0 saturated carbocycles. The van der Waals surface area contributed by atoms with E-state index in [1.54, 1.807) is 6.20 Å². The molecule has 2 N–H and O–H groups in total. The normalized spacial score (nSPS) is 31.3. The van der Waals surface area contributed by atoms with E-state index in [1.165, 1.54) is 0 Å². The molecule has 0 amide bonds. The quantitative estimate of drug-likeness (QED) is 0.848. The highest BCUT2D eigenvalue weighted by Gasteiger charge is 2.41.